The Morgan fingerprint density at radius 2 is 2.07 bits per heavy atom. The number of methoxy groups -OCH3 is 1. The van der Waals surface area contributed by atoms with Crippen LogP contribution in [0.1, 0.15) is 42.3 Å². The summed E-state index contributed by atoms with van der Waals surface area (Å²) in [6.45, 7) is 4.04. The van der Waals surface area contributed by atoms with Gasteiger partial charge in [0.15, 0.2) is 9.84 Å². The van der Waals surface area contributed by atoms with Gasteiger partial charge in [-0.3, -0.25) is 9.59 Å². The summed E-state index contributed by atoms with van der Waals surface area (Å²) in [5.74, 6) is 0.914. The first-order valence-corrected chi connectivity index (χ1v) is 12.5. The number of carbonyl (C=O) groups excluding carboxylic acids is 1. The zero-order chi connectivity index (χ0) is 21.5. The van der Waals surface area contributed by atoms with Crippen molar-refractivity contribution in [2.75, 3.05) is 38.2 Å². The van der Waals surface area contributed by atoms with Crippen LogP contribution in [-0.2, 0) is 32.3 Å². The molecule has 10 heteroatoms. The van der Waals surface area contributed by atoms with E-state index in [0.29, 0.717) is 18.7 Å². The number of aryl methyl sites for hydroxylation is 1. The largest absolute Gasteiger partial charge is 0.379 e. The van der Waals surface area contributed by atoms with Crippen molar-refractivity contribution >= 4 is 15.7 Å². The van der Waals surface area contributed by atoms with Gasteiger partial charge in [0.1, 0.15) is 5.82 Å². The molecule has 4 rings (SSSR count). The van der Waals surface area contributed by atoms with Gasteiger partial charge in [-0.25, -0.2) is 8.42 Å². The first kappa shape index (κ1) is 21.5. The fourth-order valence-corrected chi connectivity index (χ4v) is 6.95. The molecule has 1 aromatic heterocycles. The Hall–Kier alpha value is -1.78. The highest BCUT2D eigenvalue weighted by Gasteiger charge is 2.38. The molecule has 4 heterocycles. The van der Waals surface area contributed by atoms with Crippen molar-refractivity contribution in [2.24, 2.45) is 0 Å². The second-order valence-corrected chi connectivity index (χ2v) is 10.8. The molecule has 1 amide bonds. The zero-order valence-corrected chi connectivity index (χ0v) is 18.4. The molecule has 0 spiro atoms. The van der Waals surface area contributed by atoms with Crippen molar-refractivity contribution < 1.29 is 17.9 Å². The summed E-state index contributed by atoms with van der Waals surface area (Å²) >= 11 is 0. The zero-order valence-electron chi connectivity index (χ0n) is 17.6. The summed E-state index contributed by atoms with van der Waals surface area (Å²) in [6.07, 6.45) is 3.21. The monoisotopic (exact) mass is 438 g/mol. The Balaban J connectivity index is 1.44. The fraction of sp³-hybridized carbons (Fsp3) is 0.750. The number of piperidine rings is 1. The molecule has 1 aromatic rings. The van der Waals surface area contributed by atoms with E-state index in [1.807, 2.05) is 11.8 Å². The third-order valence-electron chi connectivity index (χ3n) is 6.60. The predicted molar refractivity (Wildman–Crippen MR) is 111 cm³/mol. The van der Waals surface area contributed by atoms with Crippen LogP contribution in [0.25, 0.3) is 0 Å². The van der Waals surface area contributed by atoms with E-state index in [0.717, 1.165) is 43.7 Å². The van der Waals surface area contributed by atoms with Gasteiger partial charge in [-0.1, -0.05) is 0 Å². The van der Waals surface area contributed by atoms with Crippen LogP contribution in [0.5, 0.6) is 0 Å². The lowest BCUT2D eigenvalue weighted by Gasteiger charge is -2.35. The smallest absolute Gasteiger partial charge is 0.276 e. The predicted octanol–water partition coefficient (Wildman–Crippen LogP) is -0.394. The second kappa shape index (κ2) is 8.39. The summed E-state index contributed by atoms with van der Waals surface area (Å²) in [4.78, 5) is 31.3. The van der Waals surface area contributed by atoms with Crippen LogP contribution in [0, 0.1) is 6.92 Å². The van der Waals surface area contributed by atoms with Crippen LogP contribution in [0.15, 0.2) is 4.79 Å². The molecule has 2 saturated heterocycles. The van der Waals surface area contributed by atoms with Crippen molar-refractivity contribution in [3.63, 3.8) is 0 Å². The molecule has 0 bridgehead atoms. The normalized spacial score (nSPS) is 27.9. The minimum absolute atomic E-state index is 0.00727. The molecular weight excluding hydrogens is 408 g/mol. The van der Waals surface area contributed by atoms with Gasteiger partial charge >= 0.3 is 0 Å². The van der Waals surface area contributed by atoms with E-state index in [1.54, 1.807) is 0 Å². The standard InChI is InChI=1S/C20H30N4O5S/c1-13-19(24-8-4-6-17(24)22-20(13)26)14-5-3-7-23(10-14)18(25)9-21-15-11-30(27,28)12-16(15)29-2/h14-16,21H,3-12H2,1-2H3/t14-,15+,16+/m0/s1. The van der Waals surface area contributed by atoms with Crippen molar-refractivity contribution in [2.45, 2.75) is 57.2 Å². The number of amides is 1. The third-order valence-corrected chi connectivity index (χ3v) is 8.30. The Bertz CT molecular complexity index is 990. The first-order chi connectivity index (χ1) is 14.3. The van der Waals surface area contributed by atoms with Gasteiger partial charge in [0.2, 0.25) is 5.91 Å². The topological polar surface area (TPSA) is 111 Å². The molecule has 2 fully saturated rings. The van der Waals surface area contributed by atoms with Gasteiger partial charge in [0, 0.05) is 56.4 Å². The summed E-state index contributed by atoms with van der Waals surface area (Å²) in [7, 11) is -1.64. The molecule has 166 valence electrons. The van der Waals surface area contributed by atoms with Crippen LogP contribution in [0.4, 0.5) is 0 Å². The van der Waals surface area contributed by atoms with Crippen LogP contribution in [-0.4, -0.2) is 79.2 Å². The van der Waals surface area contributed by atoms with Crippen LogP contribution < -0.4 is 10.9 Å². The first-order valence-electron chi connectivity index (χ1n) is 10.6. The number of likely N-dealkylation sites (tertiary alicyclic amines) is 1. The maximum atomic E-state index is 12.9. The quantitative estimate of drug-likeness (QED) is 0.666. The van der Waals surface area contributed by atoms with Gasteiger partial charge < -0.3 is 19.5 Å². The Labute approximate surface area is 176 Å². The van der Waals surface area contributed by atoms with E-state index < -0.39 is 15.9 Å². The van der Waals surface area contributed by atoms with Crippen LogP contribution >= 0.6 is 0 Å². The Kier molecular flexibility index (Phi) is 6.00. The van der Waals surface area contributed by atoms with Gasteiger partial charge in [0.05, 0.1) is 24.2 Å². The summed E-state index contributed by atoms with van der Waals surface area (Å²) in [5, 5.41) is 3.09. The number of aromatic nitrogens is 2. The highest BCUT2D eigenvalue weighted by Crippen LogP contribution is 2.30. The maximum Gasteiger partial charge on any atom is 0.276 e. The molecule has 3 aliphatic heterocycles. The van der Waals surface area contributed by atoms with Crippen LogP contribution in [0.2, 0.25) is 0 Å². The Morgan fingerprint density at radius 1 is 1.27 bits per heavy atom. The van der Waals surface area contributed by atoms with E-state index in [-0.39, 0.29) is 41.5 Å². The van der Waals surface area contributed by atoms with Crippen molar-refractivity contribution in [1.29, 1.82) is 0 Å². The Morgan fingerprint density at radius 3 is 2.83 bits per heavy atom. The highest BCUT2D eigenvalue weighted by atomic mass is 32.2. The molecule has 1 N–H and O–H groups in total. The number of nitrogens with one attached hydrogen (secondary N) is 1. The number of nitrogens with zero attached hydrogens (tertiary/aromatic N) is 3. The van der Waals surface area contributed by atoms with Gasteiger partial charge in [-0.15, -0.1) is 0 Å². The van der Waals surface area contributed by atoms with Crippen molar-refractivity contribution in [3.8, 4) is 0 Å². The lowest BCUT2D eigenvalue weighted by Crippen LogP contribution is -2.48. The SMILES string of the molecule is CO[C@@H]1CS(=O)(=O)C[C@H]1NCC(=O)N1CCC[C@H](c2c(C)c(=O)nc3n2CCC3)C1. The molecule has 0 aromatic carbocycles. The molecule has 3 atom stereocenters. The number of ether oxygens (including phenoxy) is 1. The van der Waals surface area contributed by atoms with E-state index >= 15 is 0 Å². The second-order valence-electron chi connectivity index (χ2n) is 8.62. The lowest BCUT2D eigenvalue weighted by molar-refractivity contribution is -0.131. The average molecular weight is 439 g/mol. The third kappa shape index (κ3) is 4.17. The summed E-state index contributed by atoms with van der Waals surface area (Å²) < 4.78 is 31.2. The van der Waals surface area contributed by atoms with Gasteiger partial charge in [-0.05, 0) is 26.2 Å². The average Bonchev–Trinajstić information content (AvgIpc) is 3.29. The van der Waals surface area contributed by atoms with Crippen molar-refractivity contribution in [1.82, 2.24) is 19.8 Å². The number of hydrogen-bond acceptors (Lipinski definition) is 7. The molecule has 0 saturated carbocycles. The fourth-order valence-electron chi connectivity index (χ4n) is 5.07. The molecule has 9 nitrogen and oxygen atoms in total. The summed E-state index contributed by atoms with van der Waals surface area (Å²) in [6, 6.07) is -0.367. The van der Waals surface area contributed by atoms with Gasteiger partial charge in [-0.2, -0.15) is 4.98 Å². The molecular formula is C20H30N4O5S. The highest BCUT2D eigenvalue weighted by molar-refractivity contribution is 7.91. The van der Waals surface area contributed by atoms with E-state index in [4.69, 9.17) is 4.74 Å². The number of rotatable bonds is 5. The molecule has 0 aliphatic carbocycles. The lowest BCUT2D eigenvalue weighted by atomic mass is 9.91. The van der Waals surface area contributed by atoms with E-state index in [9.17, 15) is 18.0 Å². The number of carbonyl (C=O) groups is 1. The van der Waals surface area contributed by atoms with E-state index in [2.05, 4.69) is 14.9 Å². The number of fused-ring (bicyclic) bond motifs is 1. The van der Waals surface area contributed by atoms with E-state index in [1.165, 1.54) is 7.11 Å². The number of hydrogen-bond donors (Lipinski definition) is 1. The molecule has 30 heavy (non-hydrogen) atoms. The number of sulfone groups is 1. The molecule has 0 radical (unpaired) electrons. The minimum Gasteiger partial charge on any atom is -0.379 e. The van der Waals surface area contributed by atoms with Crippen molar-refractivity contribution in [3.05, 3.63) is 27.4 Å². The maximum absolute atomic E-state index is 12.9. The molecule has 0 unspecified atom stereocenters. The van der Waals surface area contributed by atoms with Gasteiger partial charge in [0.25, 0.3) is 5.56 Å². The van der Waals surface area contributed by atoms with Crippen LogP contribution in [0.3, 0.4) is 0 Å². The molecule has 3 aliphatic rings. The minimum atomic E-state index is -3.14. The summed E-state index contributed by atoms with van der Waals surface area (Å²) in [5.41, 5.74) is 1.57.